The second-order valence-electron chi connectivity index (χ2n) is 7.23. The molecule has 2 aromatic carbocycles. The summed E-state index contributed by atoms with van der Waals surface area (Å²) in [5.74, 6) is 0.303. The number of carbonyl (C=O) groups is 1. The standard InChI is InChI=1S/C21H24BrClN2O5S/c1-29-19-12-18(20(30-2)11-17(19)23)24-21(26)15-7-9-25(10-8-15)31(27,28)13-14-3-5-16(22)6-4-14/h3-6,11-12,15H,7-10,13H2,1-2H3,(H,24,26). The van der Waals surface area contributed by atoms with Crippen molar-refractivity contribution in [3.05, 3.63) is 51.5 Å². The van der Waals surface area contributed by atoms with E-state index in [-0.39, 0.29) is 17.6 Å². The minimum Gasteiger partial charge on any atom is -0.495 e. The highest BCUT2D eigenvalue weighted by Gasteiger charge is 2.31. The van der Waals surface area contributed by atoms with Gasteiger partial charge in [0.2, 0.25) is 15.9 Å². The zero-order chi connectivity index (χ0) is 22.6. The topological polar surface area (TPSA) is 84.9 Å². The van der Waals surface area contributed by atoms with Gasteiger partial charge < -0.3 is 14.8 Å². The highest BCUT2D eigenvalue weighted by atomic mass is 79.9. The van der Waals surface area contributed by atoms with Crippen LogP contribution in [0.5, 0.6) is 11.5 Å². The fourth-order valence-corrected chi connectivity index (χ4v) is 5.53. The van der Waals surface area contributed by atoms with Gasteiger partial charge in [0.25, 0.3) is 0 Å². The SMILES string of the molecule is COc1cc(NC(=O)C2CCN(S(=O)(=O)Cc3ccc(Br)cc3)CC2)c(OC)cc1Cl. The molecule has 10 heteroatoms. The maximum absolute atomic E-state index is 12.8. The number of nitrogens with one attached hydrogen (secondary N) is 1. The normalized spacial score (nSPS) is 15.5. The number of sulfonamides is 1. The van der Waals surface area contributed by atoms with Crippen LogP contribution in [0.4, 0.5) is 5.69 Å². The Morgan fingerprint density at radius 2 is 1.74 bits per heavy atom. The molecule has 0 aromatic heterocycles. The average Bonchev–Trinajstić information content (AvgIpc) is 2.76. The molecule has 7 nitrogen and oxygen atoms in total. The van der Waals surface area contributed by atoms with Crippen LogP contribution < -0.4 is 14.8 Å². The summed E-state index contributed by atoms with van der Waals surface area (Å²) < 4.78 is 38.4. The van der Waals surface area contributed by atoms with E-state index in [1.807, 2.05) is 12.1 Å². The van der Waals surface area contributed by atoms with Gasteiger partial charge in [-0.3, -0.25) is 4.79 Å². The van der Waals surface area contributed by atoms with Gasteiger partial charge in [-0.05, 0) is 30.5 Å². The molecule has 1 aliphatic heterocycles. The quantitative estimate of drug-likeness (QED) is 0.576. The predicted molar refractivity (Wildman–Crippen MR) is 124 cm³/mol. The summed E-state index contributed by atoms with van der Waals surface area (Å²) in [6.07, 6.45) is 0.886. The van der Waals surface area contributed by atoms with Crippen LogP contribution in [0.1, 0.15) is 18.4 Å². The second-order valence-corrected chi connectivity index (χ2v) is 10.5. The number of benzene rings is 2. The smallest absolute Gasteiger partial charge is 0.227 e. The Labute approximate surface area is 195 Å². The van der Waals surface area contributed by atoms with Crippen molar-refractivity contribution >= 4 is 49.1 Å². The Balaban J connectivity index is 1.61. The zero-order valence-electron chi connectivity index (χ0n) is 17.2. The molecule has 0 saturated carbocycles. The van der Waals surface area contributed by atoms with Gasteiger partial charge in [0.1, 0.15) is 11.5 Å². The lowest BCUT2D eigenvalue weighted by Gasteiger charge is -2.30. The Morgan fingerprint density at radius 1 is 1.13 bits per heavy atom. The third-order valence-electron chi connectivity index (χ3n) is 5.21. The number of rotatable bonds is 7. The predicted octanol–water partition coefficient (Wildman–Crippen LogP) is 4.30. The van der Waals surface area contributed by atoms with Gasteiger partial charge in [-0.1, -0.05) is 39.7 Å². The van der Waals surface area contributed by atoms with E-state index in [9.17, 15) is 13.2 Å². The van der Waals surface area contributed by atoms with Gasteiger partial charge in [0, 0.05) is 35.6 Å². The summed E-state index contributed by atoms with van der Waals surface area (Å²) in [6, 6.07) is 10.4. The molecule has 31 heavy (non-hydrogen) atoms. The number of carbonyl (C=O) groups excluding carboxylic acids is 1. The van der Waals surface area contributed by atoms with Crippen molar-refractivity contribution in [3.63, 3.8) is 0 Å². The summed E-state index contributed by atoms with van der Waals surface area (Å²) in [7, 11) is -0.468. The van der Waals surface area contributed by atoms with E-state index >= 15 is 0 Å². The van der Waals surface area contributed by atoms with Crippen LogP contribution in [0.15, 0.2) is 40.9 Å². The molecule has 0 spiro atoms. The molecule has 1 saturated heterocycles. The molecular formula is C21H24BrClN2O5S. The molecule has 3 rings (SSSR count). The van der Waals surface area contributed by atoms with Crippen molar-refractivity contribution in [1.29, 1.82) is 0 Å². The van der Waals surface area contributed by atoms with Crippen LogP contribution in [-0.2, 0) is 20.6 Å². The van der Waals surface area contributed by atoms with Gasteiger partial charge in [-0.2, -0.15) is 0 Å². The molecule has 1 fully saturated rings. The molecule has 0 aliphatic carbocycles. The van der Waals surface area contributed by atoms with Gasteiger partial charge in [0.15, 0.2) is 0 Å². The van der Waals surface area contributed by atoms with Gasteiger partial charge in [0.05, 0.1) is 30.7 Å². The molecular weight excluding hydrogens is 508 g/mol. The number of anilines is 1. The fourth-order valence-electron chi connectivity index (χ4n) is 3.47. The van der Waals surface area contributed by atoms with Crippen molar-refractivity contribution in [2.75, 3.05) is 32.6 Å². The fraction of sp³-hybridized carbons (Fsp3) is 0.381. The second kappa shape index (κ2) is 10.2. The Kier molecular flexibility index (Phi) is 7.85. The van der Waals surface area contributed by atoms with E-state index < -0.39 is 10.0 Å². The van der Waals surface area contributed by atoms with Crippen LogP contribution in [0.25, 0.3) is 0 Å². The first-order valence-electron chi connectivity index (χ1n) is 9.68. The Hall–Kier alpha value is -1.81. The molecule has 0 atom stereocenters. The van der Waals surface area contributed by atoms with E-state index in [1.54, 1.807) is 24.3 Å². The number of halogens is 2. The van der Waals surface area contributed by atoms with Crippen LogP contribution >= 0.6 is 27.5 Å². The van der Waals surface area contributed by atoms with E-state index in [4.69, 9.17) is 21.1 Å². The lowest BCUT2D eigenvalue weighted by atomic mass is 9.97. The number of nitrogens with zero attached hydrogens (tertiary/aromatic N) is 1. The van der Waals surface area contributed by atoms with Gasteiger partial charge >= 0.3 is 0 Å². The van der Waals surface area contributed by atoms with Gasteiger partial charge in [-0.25, -0.2) is 12.7 Å². The number of hydrogen-bond donors (Lipinski definition) is 1. The number of piperidine rings is 1. The summed E-state index contributed by atoms with van der Waals surface area (Å²) in [4.78, 5) is 12.8. The maximum Gasteiger partial charge on any atom is 0.227 e. The third-order valence-corrected chi connectivity index (χ3v) is 7.89. The largest absolute Gasteiger partial charge is 0.495 e. The molecule has 0 radical (unpaired) electrons. The summed E-state index contributed by atoms with van der Waals surface area (Å²) in [5.41, 5.74) is 1.19. The van der Waals surface area contributed by atoms with Crippen molar-refractivity contribution in [2.24, 2.45) is 5.92 Å². The first-order chi connectivity index (χ1) is 14.7. The number of methoxy groups -OCH3 is 2. The molecule has 1 amide bonds. The molecule has 168 valence electrons. The molecule has 0 unspecified atom stereocenters. The highest BCUT2D eigenvalue weighted by Crippen LogP contribution is 2.36. The number of ether oxygens (including phenoxy) is 2. The zero-order valence-corrected chi connectivity index (χ0v) is 20.4. The van der Waals surface area contributed by atoms with Crippen molar-refractivity contribution < 1.29 is 22.7 Å². The molecule has 0 bridgehead atoms. The summed E-state index contributed by atoms with van der Waals surface area (Å²) in [6.45, 7) is 0.607. The number of amides is 1. The van der Waals surface area contributed by atoms with E-state index in [1.165, 1.54) is 18.5 Å². The van der Waals surface area contributed by atoms with Crippen molar-refractivity contribution in [2.45, 2.75) is 18.6 Å². The Morgan fingerprint density at radius 3 is 2.32 bits per heavy atom. The summed E-state index contributed by atoms with van der Waals surface area (Å²) >= 11 is 9.45. The lowest BCUT2D eigenvalue weighted by Crippen LogP contribution is -2.41. The molecule has 1 N–H and O–H groups in total. The Bertz CT molecular complexity index is 1040. The minimum atomic E-state index is -3.45. The minimum absolute atomic E-state index is 0.0566. The molecule has 1 heterocycles. The van der Waals surface area contributed by atoms with E-state index in [0.29, 0.717) is 48.1 Å². The maximum atomic E-state index is 12.8. The molecule has 2 aromatic rings. The highest BCUT2D eigenvalue weighted by molar-refractivity contribution is 9.10. The van der Waals surface area contributed by atoms with Crippen LogP contribution in [0.3, 0.4) is 0 Å². The molecule has 1 aliphatic rings. The first-order valence-corrected chi connectivity index (χ1v) is 12.5. The number of hydrogen-bond acceptors (Lipinski definition) is 5. The first kappa shape index (κ1) is 23.8. The third kappa shape index (κ3) is 5.91. The average molecular weight is 532 g/mol. The summed E-state index contributed by atoms with van der Waals surface area (Å²) in [5, 5.41) is 3.23. The van der Waals surface area contributed by atoms with Crippen LogP contribution in [0.2, 0.25) is 5.02 Å². The monoisotopic (exact) mass is 530 g/mol. The van der Waals surface area contributed by atoms with Gasteiger partial charge in [-0.15, -0.1) is 0 Å². The van der Waals surface area contributed by atoms with Crippen LogP contribution in [-0.4, -0.2) is 45.9 Å². The lowest BCUT2D eigenvalue weighted by molar-refractivity contribution is -0.120. The van der Waals surface area contributed by atoms with E-state index in [2.05, 4.69) is 21.2 Å². The van der Waals surface area contributed by atoms with E-state index in [0.717, 1.165) is 10.0 Å². The van der Waals surface area contributed by atoms with Crippen molar-refractivity contribution in [1.82, 2.24) is 4.31 Å². The van der Waals surface area contributed by atoms with Crippen molar-refractivity contribution in [3.8, 4) is 11.5 Å². The van der Waals surface area contributed by atoms with Crippen LogP contribution in [0, 0.1) is 5.92 Å².